The number of halogens is 3. The highest BCUT2D eigenvalue weighted by Gasteiger charge is 2.33. The van der Waals surface area contributed by atoms with Crippen molar-refractivity contribution >= 4 is 0 Å². The molecule has 0 amide bonds. The third-order valence-electron chi connectivity index (χ3n) is 2.94. The lowest BCUT2D eigenvalue weighted by molar-refractivity contribution is -0.137. The van der Waals surface area contributed by atoms with Gasteiger partial charge >= 0.3 is 6.18 Å². The quantitative estimate of drug-likeness (QED) is 0.720. The number of rotatable bonds is 3. The van der Waals surface area contributed by atoms with E-state index in [1.54, 1.807) is 18.2 Å². The first-order valence-electron chi connectivity index (χ1n) is 6.19. The molecule has 2 rings (SSSR count). The van der Waals surface area contributed by atoms with Crippen LogP contribution in [0, 0.1) is 6.07 Å². The second-order valence-corrected chi connectivity index (χ2v) is 4.40. The van der Waals surface area contributed by atoms with Crippen LogP contribution in [0.5, 0.6) is 0 Å². The highest BCUT2D eigenvalue weighted by molar-refractivity contribution is 5.68. The van der Waals surface area contributed by atoms with Gasteiger partial charge < -0.3 is 0 Å². The average molecular weight is 263 g/mol. The summed E-state index contributed by atoms with van der Waals surface area (Å²) in [6, 6.07) is 13.9. The molecule has 0 spiro atoms. The van der Waals surface area contributed by atoms with Crippen LogP contribution in [-0.2, 0) is 12.6 Å². The number of hydrogen-bond acceptors (Lipinski definition) is 0. The Hall–Kier alpha value is -1.77. The van der Waals surface area contributed by atoms with Gasteiger partial charge in [0.25, 0.3) is 0 Å². The zero-order valence-electron chi connectivity index (χ0n) is 10.6. The summed E-state index contributed by atoms with van der Waals surface area (Å²) in [4.78, 5) is 0. The molecule has 19 heavy (non-hydrogen) atoms. The molecule has 0 aliphatic rings. The van der Waals surface area contributed by atoms with Crippen LogP contribution in [0.15, 0.2) is 42.5 Å². The van der Waals surface area contributed by atoms with E-state index in [9.17, 15) is 13.2 Å². The van der Waals surface area contributed by atoms with Crippen LogP contribution in [0.2, 0.25) is 0 Å². The fraction of sp³-hybridized carbons (Fsp3) is 0.250. The van der Waals surface area contributed by atoms with E-state index >= 15 is 0 Å². The topological polar surface area (TPSA) is 0 Å². The third-order valence-corrected chi connectivity index (χ3v) is 2.94. The molecule has 0 N–H and O–H groups in total. The van der Waals surface area contributed by atoms with E-state index in [1.807, 2.05) is 6.07 Å². The highest BCUT2D eigenvalue weighted by Crippen LogP contribution is 2.36. The first-order valence-corrected chi connectivity index (χ1v) is 6.19. The van der Waals surface area contributed by atoms with Gasteiger partial charge in [-0.05, 0) is 41.3 Å². The van der Waals surface area contributed by atoms with Gasteiger partial charge in [-0.25, -0.2) is 0 Å². The predicted molar refractivity (Wildman–Crippen MR) is 69.7 cm³/mol. The summed E-state index contributed by atoms with van der Waals surface area (Å²) in [7, 11) is 0. The Morgan fingerprint density at radius 3 is 2.37 bits per heavy atom. The maximum absolute atomic E-state index is 12.9. The zero-order valence-corrected chi connectivity index (χ0v) is 10.6. The van der Waals surface area contributed by atoms with Crippen molar-refractivity contribution in [1.29, 1.82) is 0 Å². The van der Waals surface area contributed by atoms with Gasteiger partial charge in [-0.3, -0.25) is 0 Å². The van der Waals surface area contributed by atoms with E-state index in [2.05, 4.69) is 13.0 Å². The Balaban J connectivity index is 2.42. The van der Waals surface area contributed by atoms with Gasteiger partial charge in [0.15, 0.2) is 0 Å². The SMILES string of the molecule is CCCc1[c]cc(-c2ccccc2C(F)(F)F)cc1. The fourth-order valence-electron chi connectivity index (χ4n) is 2.03. The molecular formula is C16H14F3. The van der Waals surface area contributed by atoms with Crippen molar-refractivity contribution in [2.75, 3.05) is 0 Å². The van der Waals surface area contributed by atoms with Crippen molar-refractivity contribution in [3.05, 3.63) is 59.7 Å². The molecular weight excluding hydrogens is 249 g/mol. The number of aryl methyl sites for hydroxylation is 1. The number of benzene rings is 2. The molecule has 0 nitrogen and oxygen atoms in total. The van der Waals surface area contributed by atoms with Gasteiger partial charge in [0.05, 0.1) is 5.56 Å². The van der Waals surface area contributed by atoms with Crippen LogP contribution in [0.3, 0.4) is 0 Å². The van der Waals surface area contributed by atoms with Gasteiger partial charge in [0.2, 0.25) is 0 Å². The Labute approximate surface area is 110 Å². The zero-order chi connectivity index (χ0) is 13.9. The number of hydrogen-bond donors (Lipinski definition) is 0. The minimum atomic E-state index is -4.33. The molecule has 2 aromatic rings. The Bertz CT molecular complexity index is 539. The minimum Gasteiger partial charge on any atom is -0.166 e. The second kappa shape index (κ2) is 5.47. The Morgan fingerprint density at radius 1 is 1.05 bits per heavy atom. The van der Waals surface area contributed by atoms with Crippen LogP contribution >= 0.6 is 0 Å². The number of alkyl halides is 3. The van der Waals surface area contributed by atoms with Crippen LogP contribution in [0.4, 0.5) is 13.2 Å². The molecule has 0 aliphatic heterocycles. The monoisotopic (exact) mass is 263 g/mol. The maximum Gasteiger partial charge on any atom is 0.417 e. The molecule has 0 heterocycles. The average Bonchev–Trinajstić information content (AvgIpc) is 2.39. The van der Waals surface area contributed by atoms with Crippen LogP contribution < -0.4 is 0 Å². The van der Waals surface area contributed by atoms with Gasteiger partial charge in [0, 0.05) is 0 Å². The Kier molecular flexibility index (Phi) is 3.93. The van der Waals surface area contributed by atoms with Gasteiger partial charge in [-0.2, -0.15) is 13.2 Å². The largest absolute Gasteiger partial charge is 0.417 e. The molecule has 99 valence electrons. The molecule has 0 bridgehead atoms. The summed E-state index contributed by atoms with van der Waals surface area (Å²) < 4.78 is 38.8. The lowest BCUT2D eigenvalue weighted by atomic mass is 9.97. The van der Waals surface area contributed by atoms with Gasteiger partial charge in [-0.15, -0.1) is 0 Å². The van der Waals surface area contributed by atoms with Gasteiger partial charge in [0.1, 0.15) is 0 Å². The summed E-state index contributed by atoms with van der Waals surface area (Å²) in [5.41, 5.74) is 1.17. The van der Waals surface area contributed by atoms with Crippen molar-refractivity contribution < 1.29 is 13.2 Å². The molecule has 0 fully saturated rings. The first kappa shape index (κ1) is 13.7. The standard InChI is InChI=1S/C16H14F3/c1-2-5-12-8-10-13(11-9-12)14-6-3-4-7-15(14)16(17,18)19/h3-4,6-8,10-11H,2,5H2,1H3. The van der Waals surface area contributed by atoms with E-state index in [1.165, 1.54) is 12.1 Å². The van der Waals surface area contributed by atoms with Crippen molar-refractivity contribution in [2.24, 2.45) is 0 Å². The van der Waals surface area contributed by atoms with E-state index in [4.69, 9.17) is 0 Å². The molecule has 2 aromatic carbocycles. The van der Waals surface area contributed by atoms with Crippen molar-refractivity contribution in [1.82, 2.24) is 0 Å². The fourth-order valence-corrected chi connectivity index (χ4v) is 2.03. The Morgan fingerprint density at radius 2 is 1.79 bits per heavy atom. The summed E-state index contributed by atoms with van der Waals surface area (Å²) >= 11 is 0. The first-order chi connectivity index (χ1) is 9.02. The van der Waals surface area contributed by atoms with Crippen molar-refractivity contribution in [2.45, 2.75) is 25.9 Å². The van der Waals surface area contributed by atoms with Crippen molar-refractivity contribution in [3.8, 4) is 11.1 Å². The lowest BCUT2D eigenvalue weighted by Gasteiger charge is -2.13. The summed E-state index contributed by atoms with van der Waals surface area (Å²) in [6.45, 7) is 2.06. The molecule has 0 saturated heterocycles. The van der Waals surface area contributed by atoms with E-state index in [-0.39, 0.29) is 5.56 Å². The van der Waals surface area contributed by atoms with Crippen LogP contribution in [0.1, 0.15) is 24.5 Å². The van der Waals surface area contributed by atoms with E-state index in [0.29, 0.717) is 5.56 Å². The molecule has 0 atom stereocenters. The maximum atomic E-state index is 12.9. The lowest BCUT2D eigenvalue weighted by Crippen LogP contribution is -2.06. The second-order valence-electron chi connectivity index (χ2n) is 4.40. The van der Waals surface area contributed by atoms with Crippen LogP contribution in [0.25, 0.3) is 11.1 Å². The smallest absolute Gasteiger partial charge is 0.166 e. The normalized spacial score (nSPS) is 11.6. The van der Waals surface area contributed by atoms with Gasteiger partial charge in [-0.1, -0.05) is 43.7 Å². The highest BCUT2D eigenvalue weighted by atomic mass is 19.4. The van der Waals surface area contributed by atoms with Crippen molar-refractivity contribution in [3.63, 3.8) is 0 Å². The molecule has 0 saturated carbocycles. The summed E-state index contributed by atoms with van der Waals surface area (Å²) in [5, 5.41) is 0. The predicted octanol–water partition coefficient (Wildman–Crippen LogP) is 5.13. The van der Waals surface area contributed by atoms with E-state index < -0.39 is 11.7 Å². The molecule has 3 heteroatoms. The molecule has 0 aromatic heterocycles. The summed E-state index contributed by atoms with van der Waals surface area (Å²) in [6.07, 6.45) is -2.45. The summed E-state index contributed by atoms with van der Waals surface area (Å²) in [5.74, 6) is 0. The molecule has 0 aliphatic carbocycles. The third kappa shape index (κ3) is 3.16. The molecule has 0 unspecified atom stereocenters. The van der Waals surface area contributed by atoms with Crippen LogP contribution in [-0.4, -0.2) is 0 Å². The molecule has 1 radical (unpaired) electrons. The van der Waals surface area contributed by atoms with E-state index in [0.717, 1.165) is 24.5 Å². The minimum absolute atomic E-state index is 0.203.